The Kier molecular flexibility index (Phi) is 9.02. The van der Waals surface area contributed by atoms with Crippen LogP contribution in [0.4, 0.5) is 4.39 Å². The van der Waals surface area contributed by atoms with Crippen molar-refractivity contribution in [2.45, 2.75) is 70.5 Å². The second-order valence-electron chi connectivity index (χ2n) is 10.5. The van der Waals surface area contributed by atoms with E-state index in [9.17, 15) is 14.0 Å². The third kappa shape index (κ3) is 6.86. The molecule has 36 heavy (non-hydrogen) atoms. The van der Waals surface area contributed by atoms with E-state index in [2.05, 4.69) is 24.1 Å². The quantitative estimate of drug-likeness (QED) is 0.515. The van der Waals surface area contributed by atoms with Crippen LogP contribution >= 0.6 is 11.6 Å². The first-order valence-electron chi connectivity index (χ1n) is 13.1. The van der Waals surface area contributed by atoms with E-state index in [-0.39, 0.29) is 41.6 Å². The first-order valence-corrected chi connectivity index (χ1v) is 13.5. The number of benzene rings is 2. The van der Waals surface area contributed by atoms with E-state index >= 15 is 0 Å². The van der Waals surface area contributed by atoms with Gasteiger partial charge in [-0.2, -0.15) is 0 Å². The standard InChI is InChI=1S/C29H37ClFN3O2/c1-20-18-34(21(2)17-33(20)19-22-7-13-27(31)14-8-22)28(35)15-25(23-9-11-26(30)12-10-23)16-32-29(36)24-5-3-4-6-24/h7-14,20-21,24-25H,3-6,15-19H2,1-2H3,(H,32,36)/t20-,21+,25?/m1/s1. The van der Waals surface area contributed by atoms with Crippen molar-refractivity contribution in [1.29, 1.82) is 0 Å². The van der Waals surface area contributed by atoms with Crippen molar-refractivity contribution in [2.75, 3.05) is 19.6 Å². The SMILES string of the molecule is C[C@@H]1CN(C(=O)CC(CNC(=O)C2CCCC2)c2ccc(Cl)cc2)[C@@H](C)CN1Cc1ccc(F)cc1. The molecule has 0 aromatic heterocycles. The Morgan fingerprint density at radius 3 is 2.33 bits per heavy atom. The molecular weight excluding hydrogens is 477 g/mol. The number of halogens is 2. The van der Waals surface area contributed by atoms with Gasteiger partial charge >= 0.3 is 0 Å². The van der Waals surface area contributed by atoms with Crippen molar-refractivity contribution in [3.05, 3.63) is 70.5 Å². The van der Waals surface area contributed by atoms with Crippen LogP contribution in [0.15, 0.2) is 48.5 Å². The molecule has 2 aliphatic rings. The Labute approximate surface area is 219 Å². The van der Waals surface area contributed by atoms with E-state index in [1.165, 1.54) is 12.1 Å². The van der Waals surface area contributed by atoms with Crippen LogP contribution in [0.25, 0.3) is 0 Å². The van der Waals surface area contributed by atoms with Crippen LogP contribution in [0.5, 0.6) is 0 Å². The van der Waals surface area contributed by atoms with Gasteiger partial charge < -0.3 is 10.2 Å². The van der Waals surface area contributed by atoms with Crippen LogP contribution in [-0.4, -0.2) is 53.3 Å². The number of rotatable bonds is 8. The highest BCUT2D eigenvalue weighted by atomic mass is 35.5. The van der Waals surface area contributed by atoms with Gasteiger partial charge in [-0.05, 0) is 62.1 Å². The first-order chi connectivity index (χ1) is 17.3. The van der Waals surface area contributed by atoms with Gasteiger partial charge in [0.25, 0.3) is 0 Å². The van der Waals surface area contributed by atoms with Crippen LogP contribution < -0.4 is 5.32 Å². The van der Waals surface area contributed by atoms with Crippen LogP contribution in [-0.2, 0) is 16.1 Å². The van der Waals surface area contributed by atoms with Gasteiger partial charge in [-0.3, -0.25) is 14.5 Å². The molecule has 2 aromatic carbocycles. The molecule has 1 unspecified atom stereocenters. The highest BCUT2D eigenvalue weighted by molar-refractivity contribution is 6.30. The summed E-state index contributed by atoms with van der Waals surface area (Å²) in [4.78, 5) is 30.5. The third-order valence-corrected chi connectivity index (χ3v) is 8.00. The van der Waals surface area contributed by atoms with Crippen molar-refractivity contribution in [3.63, 3.8) is 0 Å². The Balaban J connectivity index is 1.39. The maximum Gasteiger partial charge on any atom is 0.223 e. The summed E-state index contributed by atoms with van der Waals surface area (Å²) in [5.74, 6) is -0.0343. The fraction of sp³-hybridized carbons (Fsp3) is 0.517. The monoisotopic (exact) mass is 513 g/mol. The summed E-state index contributed by atoms with van der Waals surface area (Å²) in [6, 6.07) is 14.5. The average molecular weight is 514 g/mol. The van der Waals surface area contributed by atoms with Gasteiger partial charge in [-0.15, -0.1) is 0 Å². The molecule has 7 heteroatoms. The number of carbonyl (C=O) groups is 2. The lowest BCUT2D eigenvalue weighted by Gasteiger charge is -2.44. The van der Waals surface area contributed by atoms with E-state index in [1.54, 1.807) is 0 Å². The van der Waals surface area contributed by atoms with E-state index < -0.39 is 0 Å². The molecule has 1 saturated heterocycles. The lowest BCUT2D eigenvalue weighted by molar-refractivity contribution is -0.138. The van der Waals surface area contributed by atoms with Crippen molar-refractivity contribution in [1.82, 2.24) is 15.1 Å². The number of hydrogen-bond acceptors (Lipinski definition) is 3. The molecule has 1 heterocycles. The fourth-order valence-electron chi connectivity index (χ4n) is 5.52. The Morgan fingerprint density at radius 1 is 1.00 bits per heavy atom. The number of piperazine rings is 1. The number of amides is 2. The van der Waals surface area contributed by atoms with Gasteiger partial charge in [0.1, 0.15) is 5.82 Å². The average Bonchev–Trinajstić information content (AvgIpc) is 3.41. The molecule has 4 rings (SSSR count). The molecule has 0 radical (unpaired) electrons. The van der Waals surface area contributed by atoms with Crippen molar-refractivity contribution >= 4 is 23.4 Å². The highest BCUT2D eigenvalue weighted by Crippen LogP contribution is 2.27. The largest absolute Gasteiger partial charge is 0.355 e. The molecule has 3 atom stereocenters. The summed E-state index contributed by atoms with van der Waals surface area (Å²) < 4.78 is 13.3. The van der Waals surface area contributed by atoms with Gasteiger partial charge in [0.05, 0.1) is 0 Å². The zero-order valence-corrected chi connectivity index (χ0v) is 22.0. The van der Waals surface area contributed by atoms with Gasteiger partial charge in [0.2, 0.25) is 11.8 Å². The molecule has 1 N–H and O–H groups in total. The summed E-state index contributed by atoms with van der Waals surface area (Å²) >= 11 is 6.10. The summed E-state index contributed by atoms with van der Waals surface area (Å²) in [7, 11) is 0. The predicted molar refractivity (Wildman–Crippen MR) is 141 cm³/mol. The van der Waals surface area contributed by atoms with Crippen LogP contribution in [0.1, 0.15) is 63.0 Å². The maximum absolute atomic E-state index is 13.5. The molecule has 0 spiro atoms. The van der Waals surface area contributed by atoms with Crippen LogP contribution in [0.3, 0.4) is 0 Å². The zero-order valence-electron chi connectivity index (χ0n) is 21.3. The number of nitrogens with one attached hydrogen (secondary N) is 1. The minimum atomic E-state index is -0.231. The van der Waals surface area contributed by atoms with E-state index in [1.807, 2.05) is 41.3 Å². The maximum atomic E-state index is 13.5. The summed E-state index contributed by atoms with van der Waals surface area (Å²) in [5.41, 5.74) is 2.08. The Bertz CT molecular complexity index is 1020. The number of nitrogens with zero attached hydrogens (tertiary/aromatic N) is 2. The smallest absolute Gasteiger partial charge is 0.223 e. The van der Waals surface area contributed by atoms with Crippen molar-refractivity contribution in [2.24, 2.45) is 5.92 Å². The van der Waals surface area contributed by atoms with Crippen LogP contribution in [0.2, 0.25) is 5.02 Å². The predicted octanol–water partition coefficient (Wildman–Crippen LogP) is 5.38. The number of carbonyl (C=O) groups excluding carboxylic acids is 2. The lowest BCUT2D eigenvalue weighted by atomic mass is 9.93. The summed E-state index contributed by atoms with van der Waals surface area (Å²) in [6.45, 7) is 6.79. The molecule has 194 valence electrons. The number of hydrogen-bond donors (Lipinski definition) is 1. The first kappa shape index (κ1) is 26.6. The van der Waals surface area contributed by atoms with E-state index in [0.717, 1.165) is 49.9 Å². The second kappa shape index (κ2) is 12.2. The molecule has 5 nitrogen and oxygen atoms in total. The molecule has 1 aliphatic carbocycles. The van der Waals surface area contributed by atoms with Gasteiger partial charge in [-0.25, -0.2) is 4.39 Å². The minimum absolute atomic E-state index is 0.0631. The molecule has 2 fully saturated rings. The molecule has 1 saturated carbocycles. The normalized spacial score (nSPS) is 21.9. The summed E-state index contributed by atoms with van der Waals surface area (Å²) in [5, 5.41) is 3.78. The summed E-state index contributed by atoms with van der Waals surface area (Å²) in [6.07, 6.45) is 4.46. The molecular formula is C29H37ClFN3O2. The Morgan fingerprint density at radius 2 is 1.67 bits per heavy atom. The molecule has 2 aromatic rings. The molecule has 0 bridgehead atoms. The van der Waals surface area contributed by atoms with Crippen molar-refractivity contribution in [3.8, 4) is 0 Å². The van der Waals surface area contributed by atoms with Crippen LogP contribution in [0, 0.1) is 11.7 Å². The minimum Gasteiger partial charge on any atom is -0.355 e. The van der Waals surface area contributed by atoms with Gasteiger partial charge in [0.15, 0.2) is 0 Å². The Hall–Kier alpha value is -2.44. The molecule has 1 aliphatic heterocycles. The van der Waals surface area contributed by atoms with E-state index in [4.69, 9.17) is 11.6 Å². The molecule has 2 amide bonds. The fourth-order valence-corrected chi connectivity index (χ4v) is 5.64. The van der Waals surface area contributed by atoms with Crippen molar-refractivity contribution < 1.29 is 14.0 Å². The lowest BCUT2D eigenvalue weighted by Crippen LogP contribution is -2.57. The second-order valence-corrected chi connectivity index (χ2v) is 10.9. The topological polar surface area (TPSA) is 52.7 Å². The highest BCUT2D eigenvalue weighted by Gasteiger charge is 2.33. The third-order valence-electron chi connectivity index (χ3n) is 7.75. The van der Waals surface area contributed by atoms with E-state index in [0.29, 0.717) is 24.5 Å². The van der Waals surface area contributed by atoms with Gasteiger partial charge in [0, 0.05) is 61.5 Å². The zero-order chi connectivity index (χ0) is 25.7. The van der Waals surface area contributed by atoms with Gasteiger partial charge in [-0.1, -0.05) is 48.7 Å².